The quantitative estimate of drug-likeness (QED) is 0.512. The van der Waals surface area contributed by atoms with Crippen LogP contribution in [0.25, 0.3) is 0 Å². The molecule has 0 aromatic rings. The van der Waals surface area contributed by atoms with E-state index < -0.39 is 10.2 Å². The van der Waals surface area contributed by atoms with Crippen molar-refractivity contribution >= 4 is 10.2 Å². The zero-order valence-corrected chi connectivity index (χ0v) is 14.4. The van der Waals surface area contributed by atoms with Crippen LogP contribution in [-0.4, -0.2) is 45.4 Å². The average Bonchev–Trinajstić information content (AvgIpc) is 2.38. The Morgan fingerprint density at radius 2 is 1.75 bits per heavy atom. The highest BCUT2D eigenvalue weighted by Crippen LogP contribution is 2.05. The van der Waals surface area contributed by atoms with Crippen molar-refractivity contribution in [2.75, 3.05) is 26.7 Å². The Kier molecular flexibility index (Phi) is 11.4. The van der Waals surface area contributed by atoms with Crippen molar-refractivity contribution in [3.05, 3.63) is 0 Å². The van der Waals surface area contributed by atoms with Crippen LogP contribution in [0.1, 0.15) is 59.3 Å². The van der Waals surface area contributed by atoms with Gasteiger partial charge in [0.1, 0.15) is 0 Å². The number of unbranched alkanes of at least 4 members (excludes halogenated alkanes) is 2. The first-order chi connectivity index (χ1) is 9.44. The van der Waals surface area contributed by atoms with E-state index in [0.717, 1.165) is 51.6 Å². The van der Waals surface area contributed by atoms with Gasteiger partial charge in [-0.15, -0.1) is 0 Å². The second-order valence-corrected chi connectivity index (χ2v) is 7.25. The van der Waals surface area contributed by atoms with Gasteiger partial charge in [-0.1, -0.05) is 33.1 Å². The van der Waals surface area contributed by atoms with Crippen molar-refractivity contribution < 1.29 is 8.42 Å². The SMILES string of the molecule is CCCCCC(C)NS(=O)(=O)N(C)CCCNCCC. The molecule has 0 fully saturated rings. The molecule has 0 aliphatic rings. The molecule has 0 aliphatic heterocycles. The van der Waals surface area contributed by atoms with Crippen LogP contribution in [0.3, 0.4) is 0 Å². The predicted molar refractivity (Wildman–Crippen MR) is 86.1 cm³/mol. The number of nitrogens with zero attached hydrogens (tertiary/aromatic N) is 1. The molecule has 5 nitrogen and oxygen atoms in total. The van der Waals surface area contributed by atoms with E-state index >= 15 is 0 Å². The Bertz CT molecular complexity index is 320. The van der Waals surface area contributed by atoms with Crippen molar-refractivity contribution in [3.8, 4) is 0 Å². The van der Waals surface area contributed by atoms with Gasteiger partial charge in [0.25, 0.3) is 10.2 Å². The number of hydrogen-bond donors (Lipinski definition) is 2. The summed E-state index contributed by atoms with van der Waals surface area (Å²) in [6.07, 6.45) is 6.23. The van der Waals surface area contributed by atoms with Gasteiger partial charge in [0, 0.05) is 19.6 Å². The zero-order valence-electron chi connectivity index (χ0n) is 13.6. The van der Waals surface area contributed by atoms with Gasteiger partial charge < -0.3 is 5.32 Å². The molecule has 0 aliphatic carbocycles. The summed E-state index contributed by atoms with van der Waals surface area (Å²) in [6, 6.07) is 0.00668. The minimum absolute atomic E-state index is 0.00668. The average molecular weight is 308 g/mol. The van der Waals surface area contributed by atoms with Gasteiger partial charge in [-0.2, -0.15) is 17.4 Å². The minimum atomic E-state index is -3.33. The summed E-state index contributed by atoms with van der Waals surface area (Å²) in [4.78, 5) is 0. The Labute approximate surface area is 125 Å². The molecule has 1 unspecified atom stereocenters. The van der Waals surface area contributed by atoms with Gasteiger partial charge in [0.15, 0.2) is 0 Å². The van der Waals surface area contributed by atoms with Gasteiger partial charge >= 0.3 is 0 Å². The summed E-state index contributed by atoms with van der Waals surface area (Å²) in [6.45, 7) is 8.60. The summed E-state index contributed by atoms with van der Waals surface area (Å²) in [5.74, 6) is 0. The summed E-state index contributed by atoms with van der Waals surface area (Å²) in [7, 11) is -1.69. The maximum atomic E-state index is 12.1. The van der Waals surface area contributed by atoms with Crippen molar-refractivity contribution in [1.29, 1.82) is 0 Å². The van der Waals surface area contributed by atoms with Crippen LogP contribution in [-0.2, 0) is 10.2 Å². The normalized spacial score (nSPS) is 13.8. The van der Waals surface area contributed by atoms with E-state index in [4.69, 9.17) is 0 Å². The van der Waals surface area contributed by atoms with Crippen molar-refractivity contribution in [2.24, 2.45) is 0 Å². The van der Waals surface area contributed by atoms with Crippen molar-refractivity contribution in [2.45, 2.75) is 65.3 Å². The molecule has 0 radical (unpaired) electrons. The standard InChI is InChI=1S/C14H33N3O2S/c1-5-7-8-10-14(3)16-20(18,19)17(4)13-9-12-15-11-6-2/h14-16H,5-13H2,1-4H3. The van der Waals surface area contributed by atoms with E-state index in [1.54, 1.807) is 7.05 Å². The lowest BCUT2D eigenvalue weighted by atomic mass is 10.1. The smallest absolute Gasteiger partial charge is 0.279 e. The molecule has 0 bridgehead atoms. The lowest BCUT2D eigenvalue weighted by Gasteiger charge is -2.21. The second-order valence-electron chi connectivity index (χ2n) is 5.44. The molecule has 0 spiro atoms. The summed E-state index contributed by atoms with van der Waals surface area (Å²) >= 11 is 0. The lowest BCUT2D eigenvalue weighted by Crippen LogP contribution is -2.43. The number of rotatable bonds is 13. The molecule has 0 heterocycles. The first-order valence-corrected chi connectivity index (χ1v) is 9.32. The lowest BCUT2D eigenvalue weighted by molar-refractivity contribution is 0.432. The number of nitrogens with one attached hydrogen (secondary N) is 2. The van der Waals surface area contributed by atoms with Crippen LogP contribution in [0.5, 0.6) is 0 Å². The third-order valence-electron chi connectivity index (χ3n) is 3.25. The molecule has 6 heteroatoms. The molecular weight excluding hydrogens is 274 g/mol. The molecule has 0 aromatic carbocycles. The largest absolute Gasteiger partial charge is 0.317 e. The fourth-order valence-corrected chi connectivity index (χ4v) is 3.13. The first kappa shape index (κ1) is 19.8. The van der Waals surface area contributed by atoms with Crippen LogP contribution < -0.4 is 10.0 Å². The molecule has 0 aromatic heterocycles. The highest BCUT2D eigenvalue weighted by molar-refractivity contribution is 7.87. The van der Waals surface area contributed by atoms with E-state index in [2.05, 4.69) is 23.9 Å². The van der Waals surface area contributed by atoms with E-state index in [1.165, 1.54) is 4.31 Å². The maximum Gasteiger partial charge on any atom is 0.279 e. The highest BCUT2D eigenvalue weighted by Gasteiger charge is 2.19. The Morgan fingerprint density at radius 1 is 1.05 bits per heavy atom. The Morgan fingerprint density at radius 3 is 2.35 bits per heavy atom. The molecule has 0 saturated heterocycles. The second kappa shape index (κ2) is 11.5. The van der Waals surface area contributed by atoms with Crippen LogP contribution in [0.2, 0.25) is 0 Å². The Balaban J connectivity index is 3.95. The molecule has 20 heavy (non-hydrogen) atoms. The topological polar surface area (TPSA) is 61.4 Å². The van der Waals surface area contributed by atoms with Gasteiger partial charge in [-0.25, -0.2) is 0 Å². The molecule has 1 atom stereocenters. The van der Waals surface area contributed by atoms with Gasteiger partial charge in [0.05, 0.1) is 0 Å². The van der Waals surface area contributed by atoms with E-state index in [1.807, 2.05) is 6.92 Å². The fraction of sp³-hybridized carbons (Fsp3) is 1.00. The van der Waals surface area contributed by atoms with Crippen LogP contribution in [0.15, 0.2) is 0 Å². The highest BCUT2D eigenvalue weighted by atomic mass is 32.2. The van der Waals surface area contributed by atoms with Gasteiger partial charge in [0.2, 0.25) is 0 Å². The van der Waals surface area contributed by atoms with Crippen molar-refractivity contribution in [3.63, 3.8) is 0 Å². The first-order valence-electron chi connectivity index (χ1n) is 7.88. The molecule has 122 valence electrons. The van der Waals surface area contributed by atoms with E-state index in [9.17, 15) is 8.42 Å². The summed E-state index contributed by atoms with van der Waals surface area (Å²) < 4.78 is 28.3. The van der Waals surface area contributed by atoms with Crippen LogP contribution in [0.4, 0.5) is 0 Å². The molecule has 0 saturated carbocycles. The fourth-order valence-electron chi connectivity index (χ4n) is 1.95. The van der Waals surface area contributed by atoms with Gasteiger partial charge in [-0.05, 0) is 39.3 Å². The van der Waals surface area contributed by atoms with Gasteiger partial charge in [-0.3, -0.25) is 0 Å². The summed E-state index contributed by atoms with van der Waals surface area (Å²) in [5.41, 5.74) is 0. The monoisotopic (exact) mass is 307 g/mol. The van der Waals surface area contributed by atoms with Crippen LogP contribution in [0, 0.1) is 0 Å². The third kappa shape index (κ3) is 9.69. The Hall–Kier alpha value is -0.170. The minimum Gasteiger partial charge on any atom is -0.317 e. The molecule has 0 rings (SSSR count). The predicted octanol–water partition coefficient (Wildman–Crippen LogP) is 2.11. The number of hydrogen-bond acceptors (Lipinski definition) is 3. The summed E-state index contributed by atoms with van der Waals surface area (Å²) in [5, 5.41) is 3.28. The molecule has 2 N–H and O–H groups in total. The van der Waals surface area contributed by atoms with E-state index in [0.29, 0.717) is 6.54 Å². The molecule has 0 amide bonds. The zero-order chi connectivity index (χ0) is 15.4. The maximum absolute atomic E-state index is 12.1. The van der Waals surface area contributed by atoms with E-state index in [-0.39, 0.29) is 6.04 Å². The van der Waals surface area contributed by atoms with Crippen molar-refractivity contribution in [1.82, 2.24) is 14.3 Å². The molecular formula is C14H33N3O2S. The van der Waals surface area contributed by atoms with Crippen LogP contribution >= 0.6 is 0 Å². The third-order valence-corrected chi connectivity index (χ3v) is 4.96.